The number of thiazole rings is 1. The van der Waals surface area contributed by atoms with Gasteiger partial charge in [-0.15, -0.1) is 11.3 Å². The van der Waals surface area contributed by atoms with Crippen LogP contribution in [-0.4, -0.2) is 82.2 Å². The fourth-order valence-corrected chi connectivity index (χ4v) is 6.34. The third kappa shape index (κ3) is 5.48. The van der Waals surface area contributed by atoms with Crippen LogP contribution in [0.1, 0.15) is 50.1 Å². The highest BCUT2D eigenvalue weighted by molar-refractivity contribution is 7.13. The SMILES string of the molecule is CN1CCc2nc(C(=O)N[C@@H]3C[C@@H](C(=O)N(C)C)CC[C@@H]3NC(=O)c3cc4nc(Cl)ccc4[nH]3)sc2C1. The lowest BCUT2D eigenvalue weighted by atomic mass is 9.81. The Hall–Kier alpha value is -3.02. The van der Waals surface area contributed by atoms with Crippen LogP contribution in [0.15, 0.2) is 18.2 Å². The summed E-state index contributed by atoms with van der Waals surface area (Å²) in [5.41, 5.74) is 2.65. The first-order valence-corrected chi connectivity index (χ1v) is 13.5. The van der Waals surface area contributed by atoms with Gasteiger partial charge in [0.25, 0.3) is 11.8 Å². The molecule has 1 aliphatic heterocycles. The molecule has 0 spiro atoms. The number of H-pyrrole nitrogens is 1. The zero-order valence-corrected chi connectivity index (χ0v) is 22.6. The number of rotatable bonds is 5. The molecule has 3 N–H and O–H groups in total. The average molecular weight is 544 g/mol. The van der Waals surface area contributed by atoms with E-state index in [2.05, 4.69) is 37.5 Å². The highest BCUT2D eigenvalue weighted by atomic mass is 35.5. The third-order valence-electron chi connectivity index (χ3n) is 7.08. The molecule has 2 aliphatic rings. The fraction of sp³-hybridized carbons (Fsp3) is 0.480. The molecule has 1 fully saturated rings. The van der Waals surface area contributed by atoms with Crippen molar-refractivity contribution in [3.8, 4) is 0 Å². The Bertz CT molecular complexity index is 1350. The molecule has 1 aliphatic carbocycles. The molecule has 0 bridgehead atoms. The minimum Gasteiger partial charge on any atom is -0.349 e. The van der Waals surface area contributed by atoms with Gasteiger partial charge < -0.3 is 25.4 Å². The van der Waals surface area contributed by atoms with Crippen molar-refractivity contribution >= 4 is 51.7 Å². The summed E-state index contributed by atoms with van der Waals surface area (Å²) in [6.45, 7) is 1.70. The highest BCUT2D eigenvalue weighted by Crippen LogP contribution is 2.29. The van der Waals surface area contributed by atoms with Crippen LogP contribution in [0.3, 0.4) is 0 Å². The summed E-state index contributed by atoms with van der Waals surface area (Å²) in [5.74, 6) is -0.779. The number of halogens is 1. The van der Waals surface area contributed by atoms with E-state index < -0.39 is 6.04 Å². The van der Waals surface area contributed by atoms with Gasteiger partial charge in [0, 0.05) is 50.4 Å². The number of aromatic nitrogens is 3. The summed E-state index contributed by atoms with van der Waals surface area (Å²) in [7, 11) is 5.52. The molecule has 3 aromatic rings. The van der Waals surface area contributed by atoms with Crippen molar-refractivity contribution in [1.82, 2.24) is 35.4 Å². The van der Waals surface area contributed by atoms with Gasteiger partial charge in [-0.25, -0.2) is 9.97 Å². The number of carbonyl (C=O) groups excluding carboxylic acids is 3. The molecular weight excluding hydrogens is 514 g/mol. The average Bonchev–Trinajstić information content (AvgIpc) is 3.48. The van der Waals surface area contributed by atoms with E-state index in [0.29, 0.717) is 46.2 Å². The van der Waals surface area contributed by atoms with Crippen LogP contribution in [0, 0.1) is 5.92 Å². The molecule has 4 heterocycles. The largest absolute Gasteiger partial charge is 0.349 e. The quantitative estimate of drug-likeness (QED) is 0.425. The number of fused-ring (bicyclic) bond motifs is 2. The Morgan fingerprint density at radius 3 is 2.70 bits per heavy atom. The number of amides is 3. The van der Waals surface area contributed by atoms with E-state index >= 15 is 0 Å². The Morgan fingerprint density at radius 1 is 1.14 bits per heavy atom. The maximum Gasteiger partial charge on any atom is 0.280 e. The molecule has 12 heteroatoms. The second-order valence-corrected chi connectivity index (χ2v) is 11.5. The zero-order valence-electron chi connectivity index (χ0n) is 21.0. The maximum absolute atomic E-state index is 13.3. The molecule has 3 atom stereocenters. The highest BCUT2D eigenvalue weighted by Gasteiger charge is 2.37. The Balaban J connectivity index is 1.34. The lowest BCUT2D eigenvalue weighted by Crippen LogP contribution is -2.56. The van der Waals surface area contributed by atoms with Gasteiger partial charge >= 0.3 is 0 Å². The van der Waals surface area contributed by atoms with Crippen LogP contribution in [0.5, 0.6) is 0 Å². The van der Waals surface area contributed by atoms with E-state index in [0.717, 1.165) is 30.1 Å². The second kappa shape index (κ2) is 10.4. The molecule has 10 nitrogen and oxygen atoms in total. The first-order valence-electron chi connectivity index (χ1n) is 12.3. The number of likely N-dealkylation sites (N-methyl/N-ethyl adjacent to an activating group) is 1. The van der Waals surface area contributed by atoms with Gasteiger partial charge in [0.15, 0.2) is 5.01 Å². The number of hydrogen-bond acceptors (Lipinski definition) is 7. The third-order valence-corrected chi connectivity index (χ3v) is 8.37. The minimum atomic E-state index is -0.417. The minimum absolute atomic E-state index is 0.0235. The van der Waals surface area contributed by atoms with Gasteiger partial charge in [0.05, 0.1) is 22.8 Å². The topological polar surface area (TPSA) is 123 Å². The summed E-state index contributed by atoms with van der Waals surface area (Å²) in [6.07, 6.45) is 2.44. The molecule has 37 heavy (non-hydrogen) atoms. The molecule has 5 rings (SSSR count). The van der Waals surface area contributed by atoms with Crippen molar-refractivity contribution in [3.05, 3.63) is 44.6 Å². The normalized spacial score (nSPS) is 21.9. The zero-order chi connectivity index (χ0) is 26.3. The summed E-state index contributed by atoms with van der Waals surface area (Å²) in [5, 5.41) is 6.93. The van der Waals surface area contributed by atoms with Gasteiger partial charge in [0.1, 0.15) is 10.8 Å². The van der Waals surface area contributed by atoms with Gasteiger partial charge in [-0.3, -0.25) is 14.4 Å². The monoisotopic (exact) mass is 543 g/mol. The molecular formula is C25H30ClN7O3S. The van der Waals surface area contributed by atoms with Crippen LogP contribution < -0.4 is 10.6 Å². The summed E-state index contributed by atoms with van der Waals surface area (Å²) in [4.78, 5) is 55.9. The van der Waals surface area contributed by atoms with Crippen molar-refractivity contribution < 1.29 is 14.4 Å². The predicted octanol–water partition coefficient (Wildman–Crippen LogP) is 2.45. The van der Waals surface area contributed by atoms with E-state index in [9.17, 15) is 14.4 Å². The molecule has 0 aromatic carbocycles. The van der Waals surface area contributed by atoms with Crippen LogP contribution >= 0.6 is 22.9 Å². The summed E-state index contributed by atoms with van der Waals surface area (Å²) >= 11 is 7.39. The lowest BCUT2D eigenvalue weighted by Gasteiger charge is -2.37. The van der Waals surface area contributed by atoms with Crippen molar-refractivity contribution in [2.75, 3.05) is 27.7 Å². The molecule has 0 unspecified atom stereocenters. The van der Waals surface area contributed by atoms with E-state index in [1.165, 1.54) is 11.3 Å². The Labute approximate surface area is 223 Å². The number of nitrogens with one attached hydrogen (secondary N) is 3. The number of hydrogen-bond donors (Lipinski definition) is 3. The molecule has 3 amide bonds. The van der Waals surface area contributed by atoms with Gasteiger partial charge in [-0.05, 0) is 44.5 Å². The van der Waals surface area contributed by atoms with E-state index in [1.54, 1.807) is 37.2 Å². The van der Waals surface area contributed by atoms with Crippen LogP contribution in [-0.2, 0) is 17.8 Å². The number of carbonyl (C=O) groups is 3. The van der Waals surface area contributed by atoms with Crippen LogP contribution in [0.4, 0.5) is 0 Å². The number of nitrogens with zero attached hydrogens (tertiary/aromatic N) is 4. The van der Waals surface area contributed by atoms with E-state index in [1.807, 2.05) is 0 Å². The van der Waals surface area contributed by atoms with Crippen molar-refractivity contribution in [3.63, 3.8) is 0 Å². The van der Waals surface area contributed by atoms with Gasteiger partial charge in [0.2, 0.25) is 5.91 Å². The van der Waals surface area contributed by atoms with Crippen LogP contribution in [0.2, 0.25) is 5.15 Å². The summed E-state index contributed by atoms with van der Waals surface area (Å²) < 4.78 is 0. The van der Waals surface area contributed by atoms with Gasteiger partial charge in [-0.2, -0.15) is 0 Å². The van der Waals surface area contributed by atoms with Crippen molar-refractivity contribution in [1.29, 1.82) is 0 Å². The number of pyridine rings is 1. The maximum atomic E-state index is 13.3. The molecule has 0 saturated heterocycles. The van der Waals surface area contributed by atoms with E-state index in [4.69, 9.17) is 11.6 Å². The van der Waals surface area contributed by atoms with Crippen molar-refractivity contribution in [2.24, 2.45) is 5.92 Å². The summed E-state index contributed by atoms with van der Waals surface area (Å²) in [6, 6.07) is 4.33. The second-order valence-electron chi connectivity index (χ2n) is 10.0. The smallest absolute Gasteiger partial charge is 0.280 e. The fourth-order valence-electron chi connectivity index (χ4n) is 5.09. The number of aromatic amines is 1. The molecule has 0 radical (unpaired) electrons. The molecule has 1 saturated carbocycles. The van der Waals surface area contributed by atoms with Gasteiger partial charge in [-0.1, -0.05) is 11.6 Å². The first-order chi connectivity index (χ1) is 17.7. The van der Waals surface area contributed by atoms with E-state index in [-0.39, 0.29) is 29.7 Å². The standard InChI is InChI=1S/C25H30ClN7O3S/c1-32(2)25(36)13-4-5-15(29-22(34)19-11-18-14(27-19)6-7-21(26)28-18)17(10-13)30-23(35)24-31-16-8-9-33(3)12-20(16)37-24/h6-7,11,13,15,17,27H,4-5,8-10,12H2,1-3H3,(H,29,34)(H,30,35)/t13-,15-,17+/m0/s1. The van der Waals surface area contributed by atoms with Crippen molar-refractivity contribution in [2.45, 2.75) is 44.3 Å². The Morgan fingerprint density at radius 2 is 1.92 bits per heavy atom. The molecule has 196 valence electrons. The lowest BCUT2D eigenvalue weighted by molar-refractivity contribution is -0.134. The molecule has 3 aromatic heterocycles. The first kappa shape index (κ1) is 25.6. The van der Waals surface area contributed by atoms with Crippen LogP contribution in [0.25, 0.3) is 11.0 Å². The predicted molar refractivity (Wildman–Crippen MR) is 142 cm³/mol. The Kier molecular flexibility index (Phi) is 7.19.